The van der Waals surface area contributed by atoms with Gasteiger partial charge in [-0.25, -0.2) is 14.6 Å². The largest absolute Gasteiger partial charge is 0.480 e. The highest BCUT2D eigenvalue weighted by molar-refractivity contribution is 5.80. The van der Waals surface area contributed by atoms with E-state index in [9.17, 15) is 14.4 Å². The lowest BCUT2D eigenvalue weighted by atomic mass is 9.62. The van der Waals surface area contributed by atoms with E-state index >= 15 is 0 Å². The van der Waals surface area contributed by atoms with Gasteiger partial charge < -0.3 is 15.3 Å². The number of carbonyl (C=O) groups excluding carboxylic acids is 2. The fourth-order valence-electron chi connectivity index (χ4n) is 3.95. The molecule has 0 bridgehead atoms. The SMILES string of the molecule is CC1(C)CC(NC(=O)N(CCC#N)CC(=O)O)CC(C)(CN=C=O)C1. The molecular formula is C17H26N4O4. The van der Waals surface area contributed by atoms with Gasteiger partial charge >= 0.3 is 12.0 Å². The second-order valence-corrected chi connectivity index (χ2v) is 7.84. The smallest absolute Gasteiger partial charge is 0.323 e. The van der Waals surface area contributed by atoms with Gasteiger partial charge in [0.05, 0.1) is 19.0 Å². The Bertz CT molecular complexity index is 592. The Labute approximate surface area is 147 Å². The number of urea groups is 1. The molecule has 8 heteroatoms. The zero-order valence-electron chi connectivity index (χ0n) is 15.0. The van der Waals surface area contributed by atoms with E-state index in [0.717, 1.165) is 17.7 Å². The van der Waals surface area contributed by atoms with Crippen molar-refractivity contribution in [2.75, 3.05) is 19.6 Å². The lowest BCUT2D eigenvalue weighted by Crippen LogP contribution is -2.52. The molecule has 2 amide bonds. The third kappa shape index (κ3) is 6.94. The topological polar surface area (TPSA) is 123 Å². The minimum absolute atomic E-state index is 0.0480. The Morgan fingerprint density at radius 2 is 2.04 bits per heavy atom. The maximum absolute atomic E-state index is 12.4. The van der Waals surface area contributed by atoms with Crippen LogP contribution in [0.25, 0.3) is 0 Å². The van der Waals surface area contributed by atoms with Crippen LogP contribution in [-0.2, 0) is 9.59 Å². The fraction of sp³-hybridized carbons (Fsp3) is 0.765. The Morgan fingerprint density at radius 3 is 2.60 bits per heavy atom. The number of aliphatic imine (C=N–C) groups is 1. The molecule has 2 N–H and O–H groups in total. The number of amides is 2. The quantitative estimate of drug-likeness (QED) is 0.536. The maximum atomic E-state index is 12.4. The first-order valence-corrected chi connectivity index (χ1v) is 8.29. The zero-order chi connectivity index (χ0) is 19.1. The molecule has 1 saturated carbocycles. The molecule has 0 heterocycles. The highest BCUT2D eigenvalue weighted by Gasteiger charge is 2.42. The van der Waals surface area contributed by atoms with Crippen molar-refractivity contribution in [2.24, 2.45) is 15.8 Å². The summed E-state index contributed by atoms with van der Waals surface area (Å²) in [5.74, 6) is -1.12. The molecule has 2 atom stereocenters. The molecule has 25 heavy (non-hydrogen) atoms. The third-order valence-corrected chi connectivity index (χ3v) is 4.40. The van der Waals surface area contributed by atoms with Gasteiger partial charge in [-0.05, 0) is 30.1 Å². The molecular weight excluding hydrogens is 324 g/mol. The summed E-state index contributed by atoms with van der Waals surface area (Å²) in [4.78, 5) is 38.7. The Morgan fingerprint density at radius 1 is 1.36 bits per heavy atom. The van der Waals surface area contributed by atoms with Crippen molar-refractivity contribution >= 4 is 18.1 Å². The van der Waals surface area contributed by atoms with Crippen LogP contribution in [0, 0.1) is 22.2 Å². The minimum atomic E-state index is -1.12. The van der Waals surface area contributed by atoms with Gasteiger partial charge in [-0.15, -0.1) is 0 Å². The molecule has 0 aromatic rings. The van der Waals surface area contributed by atoms with Crippen LogP contribution in [0.15, 0.2) is 4.99 Å². The molecule has 0 spiro atoms. The number of rotatable bonds is 7. The molecule has 2 unspecified atom stereocenters. The van der Waals surface area contributed by atoms with Gasteiger partial charge in [0.1, 0.15) is 6.54 Å². The van der Waals surface area contributed by atoms with Crippen molar-refractivity contribution in [2.45, 2.75) is 52.5 Å². The number of hydrogen-bond donors (Lipinski definition) is 2. The number of carbonyl (C=O) groups is 2. The van der Waals surface area contributed by atoms with Crippen molar-refractivity contribution in [3.05, 3.63) is 0 Å². The molecule has 0 radical (unpaired) electrons. The Hall–Kier alpha value is -2.39. The van der Waals surface area contributed by atoms with Crippen LogP contribution in [0.2, 0.25) is 0 Å². The van der Waals surface area contributed by atoms with Gasteiger partial charge in [0.25, 0.3) is 0 Å². The molecule has 0 saturated heterocycles. The van der Waals surface area contributed by atoms with E-state index in [2.05, 4.69) is 24.2 Å². The van der Waals surface area contributed by atoms with Gasteiger partial charge in [-0.1, -0.05) is 20.8 Å². The summed E-state index contributed by atoms with van der Waals surface area (Å²) < 4.78 is 0. The van der Waals surface area contributed by atoms with Gasteiger partial charge in [0, 0.05) is 12.6 Å². The predicted octanol–water partition coefficient (Wildman–Crippen LogP) is 1.92. The maximum Gasteiger partial charge on any atom is 0.323 e. The van der Waals surface area contributed by atoms with Gasteiger partial charge in [-0.2, -0.15) is 5.26 Å². The molecule has 138 valence electrons. The van der Waals surface area contributed by atoms with Gasteiger partial charge in [0.2, 0.25) is 6.08 Å². The Kier molecular flexibility index (Phi) is 7.13. The van der Waals surface area contributed by atoms with Crippen molar-refractivity contribution in [1.29, 1.82) is 5.26 Å². The first-order valence-electron chi connectivity index (χ1n) is 8.29. The third-order valence-electron chi connectivity index (χ3n) is 4.40. The number of hydrogen-bond acceptors (Lipinski definition) is 5. The summed E-state index contributed by atoms with van der Waals surface area (Å²) in [5, 5.41) is 20.5. The second kappa shape index (κ2) is 8.63. The monoisotopic (exact) mass is 350 g/mol. The van der Waals surface area contributed by atoms with E-state index in [1.807, 2.05) is 13.0 Å². The van der Waals surface area contributed by atoms with Crippen molar-refractivity contribution < 1.29 is 19.5 Å². The highest BCUT2D eigenvalue weighted by Crippen LogP contribution is 2.46. The standard InChI is InChI=1S/C17H26N4O4/c1-16(2)7-13(8-17(3,10-16)11-19-12-22)20-15(25)21(6-4-5-18)9-14(23)24/h13H,4,6-11H2,1-3H3,(H,20,25)(H,23,24). The summed E-state index contributed by atoms with van der Waals surface area (Å²) in [6, 6.07) is 1.28. The number of carboxylic acid groups (broad SMARTS) is 1. The fourth-order valence-corrected chi connectivity index (χ4v) is 3.95. The molecule has 1 fully saturated rings. The number of nitriles is 1. The molecule has 0 aromatic heterocycles. The highest BCUT2D eigenvalue weighted by atomic mass is 16.4. The first kappa shape index (κ1) is 20.7. The second-order valence-electron chi connectivity index (χ2n) is 7.84. The van der Waals surface area contributed by atoms with Crippen molar-refractivity contribution in [3.63, 3.8) is 0 Å². The van der Waals surface area contributed by atoms with Gasteiger partial charge in [0.15, 0.2) is 0 Å². The number of aliphatic carboxylic acids is 1. The molecule has 1 aliphatic carbocycles. The van der Waals surface area contributed by atoms with Crippen LogP contribution in [0.3, 0.4) is 0 Å². The molecule has 8 nitrogen and oxygen atoms in total. The number of nitrogens with one attached hydrogen (secondary N) is 1. The number of carboxylic acids is 1. The van der Waals surface area contributed by atoms with Crippen LogP contribution in [0.1, 0.15) is 46.5 Å². The van der Waals surface area contributed by atoms with Crippen LogP contribution in [0.5, 0.6) is 0 Å². The summed E-state index contributed by atoms with van der Waals surface area (Å²) in [7, 11) is 0. The summed E-state index contributed by atoms with van der Waals surface area (Å²) in [6.07, 6.45) is 3.90. The average Bonchev–Trinajstić information content (AvgIpc) is 2.47. The lowest BCUT2D eigenvalue weighted by molar-refractivity contribution is -0.137. The minimum Gasteiger partial charge on any atom is -0.480 e. The van der Waals surface area contributed by atoms with E-state index in [-0.39, 0.29) is 29.8 Å². The van der Waals surface area contributed by atoms with Crippen LogP contribution < -0.4 is 5.32 Å². The van der Waals surface area contributed by atoms with Crippen LogP contribution in [0.4, 0.5) is 4.79 Å². The molecule has 0 aromatic carbocycles. The summed E-state index contributed by atoms with van der Waals surface area (Å²) >= 11 is 0. The zero-order valence-corrected chi connectivity index (χ0v) is 15.0. The van der Waals surface area contributed by atoms with Crippen molar-refractivity contribution in [1.82, 2.24) is 10.2 Å². The molecule has 1 aliphatic rings. The van der Waals surface area contributed by atoms with Crippen LogP contribution >= 0.6 is 0 Å². The van der Waals surface area contributed by atoms with E-state index in [4.69, 9.17) is 10.4 Å². The van der Waals surface area contributed by atoms with E-state index in [1.54, 1.807) is 6.08 Å². The van der Waals surface area contributed by atoms with E-state index in [1.165, 1.54) is 0 Å². The Balaban J connectivity index is 2.83. The lowest BCUT2D eigenvalue weighted by Gasteiger charge is -2.46. The first-order chi connectivity index (χ1) is 11.6. The number of nitrogens with zero attached hydrogens (tertiary/aromatic N) is 3. The van der Waals surface area contributed by atoms with E-state index in [0.29, 0.717) is 13.0 Å². The normalized spacial score (nSPS) is 24.5. The molecule has 0 aliphatic heterocycles. The average molecular weight is 350 g/mol. The van der Waals surface area contributed by atoms with E-state index < -0.39 is 18.5 Å². The summed E-state index contributed by atoms with van der Waals surface area (Å²) in [5.41, 5.74) is -0.283. The summed E-state index contributed by atoms with van der Waals surface area (Å²) in [6.45, 7) is 6.18. The van der Waals surface area contributed by atoms with Crippen LogP contribution in [-0.4, -0.2) is 53.8 Å². The van der Waals surface area contributed by atoms with Crippen molar-refractivity contribution in [3.8, 4) is 6.07 Å². The molecule has 1 rings (SSSR count). The number of isocyanates is 1. The predicted molar refractivity (Wildman–Crippen MR) is 90.5 cm³/mol. The van der Waals surface area contributed by atoms with Gasteiger partial charge in [-0.3, -0.25) is 4.79 Å².